The molecule has 0 heterocycles. The van der Waals surface area contributed by atoms with E-state index in [0.29, 0.717) is 17.7 Å². The van der Waals surface area contributed by atoms with Gasteiger partial charge in [0.2, 0.25) is 0 Å². The summed E-state index contributed by atoms with van der Waals surface area (Å²) >= 11 is 0. The van der Waals surface area contributed by atoms with E-state index < -0.39 is 0 Å². The molecule has 76 valence electrons. The number of phenolic OH excluding ortho intramolecular Hbond substituents is 2. The van der Waals surface area contributed by atoms with E-state index in [0.717, 1.165) is 6.42 Å². The first kappa shape index (κ1) is 10.4. The van der Waals surface area contributed by atoms with Crippen molar-refractivity contribution in [1.29, 1.82) is 0 Å². The Morgan fingerprint density at radius 1 is 1.36 bits per heavy atom. The third-order valence-corrected chi connectivity index (χ3v) is 1.90. The molecule has 0 aromatic heterocycles. The van der Waals surface area contributed by atoms with Crippen LogP contribution in [0.3, 0.4) is 0 Å². The van der Waals surface area contributed by atoms with E-state index in [1.54, 1.807) is 0 Å². The smallest absolute Gasteiger partial charge is 0.128 e. The second-order valence-corrected chi connectivity index (χ2v) is 3.00. The van der Waals surface area contributed by atoms with Crippen molar-refractivity contribution in [3.05, 3.63) is 23.8 Å². The Labute approximate surface area is 82.1 Å². The van der Waals surface area contributed by atoms with Gasteiger partial charge in [0.25, 0.3) is 0 Å². The summed E-state index contributed by atoms with van der Waals surface area (Å²) in [4.78, 5) is 0. The van der Waals surface area contributed by atoms with Crippen molar-refractivity contribution < 1.29 is 15.4 Å². The van der Waals surface area contributed by atoms with Crippen LogP contribution >= 0.6 is 0 Å². The van der Waals surface area contributed by atoms with Gasteiger partial charge in [-0.25, -0.2) is 0 Å². The standard InChI is InChI=1S/C10H13NO3/c1-2-3-9(11-14)8-5-4-7(12)6-10(8)13/h4-6,12-14H,2-3H2,1H3. The summed E-state index contributed by atoms with van der Waals surface area (Å²) in [6.07, 6.45) is 1.40. The van der Waals surface area contributed by atoms with Gasteiger partial charge in [-0.15, -0.1) is 0 Å². The molecule has 0 saturated heterocycles. The van der Waals surface area contributed by atoms with Crippen molar-refractivity contribution >= 4 is 5.71 Å². The van der Waals surface area contributed by atoms with Crippen molar-refractivity contribution in [2.45, 2.75) is 19.8 Å². The number of aromatic hydroxyl groups is 2. The van der Waals surface area contributed by atoms with E-state index >= 15 is 0 Å². The second kappa shape index (κ2) is 4.50. The number of oxime groups is 1. The Hall–Kier alpha value is -1.71. The summed E-state index contributed by atoms with van der Waals surface area (Å²) in [7, 11) is 0. The van der Waals surface area contributed by atoms with Crippen LogP contribution in [0.2, 0.25) is 0 Å². The molecule has 0 spiro atoms. The minimum Gasteiger partial charge on any atom is -0.508 e. The predicted octanol–water partition coefficient (Wildman–Crippen LogP) is 2.08. The van der Waals surface area contributed by atoms with E-state index in [4.69, 9.17) is 10.3 Å². The Kier molecular flexibility index (Phi) is 3.34. The Morgan fingerprint density at radius 2 is 2.07 bits per heavy atom. The van der Waals surface area contributed by atoms with Crippen LogP contribution in [0.1, 0.15) is 25.3 Å². The first-order valence-electron chi connectivity index (χ1n) is 4.42. The van der Waals surface area contributed by atoms with Gasteiger partial charge in [-0.05, 0) is 18.6 Å². The SMILES string of the molecule is CCCC(=NO)c1ccc(O)cc1O. The summed E-state index contributed by atoms with van der Waals surface area (Å²) in [6, 6.07) is 4.18. The molecule has 3 N–H and O–H groups in total. The van der Waals surface area contributed by atoms with E-state index in [-0.39, 0.29) is 11.5 Å². The minimum absolute atomic E-state index is 0.0139. The fourth-order valence-corrected chi connectivity index (χ4v) is 1.24. The maximum atomic E-state index is 9.47. The van der Waals surface area contributed by atoms with Crippen LogP contribution in [-0.2, 0) is 0 Å². The number of phenols is 2. The monoisotopic (exact) mass is 195 g/mol. The number of hydrogen-bond donors (Lipinski definition) is 3. The summed E-state index contributed by atoms with van der Waals surface area (Å²) in [5.74, 6) is -0.0914. The van der Waals surface area contributed by atoms with E-state index in [1.165, 1.54) is 18.2 Å². The highest BCUT2D eigenvalue weighted by atomic mass is 16.4. The van der Waals surface area contributed by atoms with Crippen LogP contribution in [0.5, 0.6) is 11.5 Å². The van der Waals surface area contributed by atoms with Crippen molar-refractivity contribution in [2.24, 2.45) is 5.16 Å². The van der Waals surface area contributed by atoms with Gasteiger partial charge in [0.05, 0.1) is 5.71 Å². The highest BCUT2D eigenvalue weighted by molar-refractivity contribution is 6.02. The largest absolute Gasteiger partial charge is 0.508 e. The number of hydrogen-bond acceptors (Lipinski definition) is 4. The van der Waals surface area contributed by atoms with E-state index in [1.807, 2.05) is 6.92 Å². The quantitative estimate of drug-likeness (QED) is 0.392. The average molecular weight is 195 g/mol. The zero-order valence-electron chi connectivity index (χ0n) is 7.94. The lowest BCUT2D eigenvalue weighted by Crippen LogP contribution is -2.00. The average Bonchev–Trinajstić information content (AvgIpc) is 2.15. The topological polar surface area (TPSA) is 73.1 Å². The van der Waals surface area contributed by atoms with Crippen LogP contribution in [0.25, 0.3) is 0 Å². The van der Waals surface area contributed by atoms with E-state index in [2.05, 4.69) is 5.16 Å². The third kappa shape index (κ3) is 2.16. The van der Waals surface area contributed by atoms with Crippen LogP contribution in [0, 0.1) is 0 Å². The van der Waals surface area contributed by atoms with Gasteiger partial charge in [-0.1, -0.05) is 18.5 Å². The van der Waals surface area contributed by atoms with Crippen LogP contribution in [0.15, 0.2) is 23.4 Å². The van der Waals surface area contributed by atoms with Crippen molar-refractivity contribution in [2.75, 3.05) is 0 Å². The third-order valence-electron chi connectivity index (χ3n) is 1.90. The molecule has 0 saturated carbocycles. The minimum atomic E-state index is -0.0775. The van der Waals surface area contributed by atoms with Crippen molar-refractivity contribution in [3.8, 4) is 11.5 Å². The fourth-order valence-electron chi connectivity index (χ4n) is 1.24. The molecule has 0 bridgehead atoms. The second-order valence-electron chi connectivity index (χ2n) is 3.00. The zero-order valence-corrected chi connectivity index (χ0v) is 7.94. The van der Waals surface area contributed by atoms with Gasteiger partial charge in [0.15, 0.2) is 0 Å². The van der Waals surface area contributed by atoms with Gasteiger partial charge in [0, 0.05) is 11.6 Å². The molecular weight excluding hydrogens is 182 g/mol. The molecule has 1 aromatic carbocycles. The Bertz CT molecular complexity index is 347. The molecule has 0 amide bonds. The van der Waals surface area contributed by atoms with Gasteiger partial charge >= 0.3 is 0 Å². The predicted molar refractivity (Wildman–Crippen MR) is 53.0 cm³/mol. The van der Waals surface area contributed by atoms with Crippen LogP contribution in [0.4, 0.5) is 0 Å². The Morgan fingerprint density at radius 3 is 2.57 bits per heavy atom. The van der Waals surface area contributed by atoms with Gasteiger partial charge in [-0.3, -0.25) is 0 Å². The molecule has 14 heavy (non-hydrogen) atoms. The molecule has 0 atom stereocenters. The van der Waals surface area contributed by atoms with Gasteiger partial charge in [-0.2, -0.15) is 0 Å². The van der Waals surface area contributed by atoms with Gasteiger partial charge in [0.1, 0.15) is 11.5 Å². The molecule has 0 aliphatic heterocycles. The Balaban J connectivity index is 3.05. The van der Waals surface area contributed by atoms with Gasteiger partial charge < -0.3 is 15.4 Å². The fraction of sp³-hybridized carbons (Fsp3) is 0.300. The summed E-state index contributed by atoms with van der Waals surface area (Å²) in [6.45, 7) is 1.95. The molecule has 0 fully saturated rings. The molecule has 4 nitrogen and oxygen atoms in total. The molecule has 1 rings (SSSR count). The lowest BCUT2D eigenvalue weighted by Gasteiger charge is -2.05. The number of nitrogens with zero attached hydrogens (tertiary/aromatic N) is 1. The molecule has 4 heteroatoms. The molecule has 0 aliphatic rings. The first-order chi connectivity index (χ1) is 6.69. The highest BCUT2D eigenvalue weighted by Crippen LogP contribution is 2.24. The molecule has 0 aliphatic carbocycles. The maximum Gasteiger partial charge on any atom is 0.128 e. The molecule has 0 unspecified atom stereocenters. The molecule has 1 aromatic rings. The maximum absolute atomic E-state index is 9.47. The zero-order chi connectivity index (χ0) is 10.6. The number of rotatable bonds is 3. The summed E-state index contributed by atoms with van der Waals surface area (Å²) in [5.41, 5.74) is 0.872. The lowest BCUT2D eigenvalue weighted by atomic mass is 10.1. The normalized spacial score (nSPS) is 11.6. The van der Waals surface area contributed by atoms with Crippen molar-refractivity contribution in [1.82, 2.24) is 0 Å². The molecule has 0 radical (unpaired) electrons. The molecular formula is C10H13NO3. The van der Waals surface area contributed by atoms with Crippen LogP contribution in [-0.4, -0.2) is 21.1 Å². The van der Waals surface area contributed by atoms with Crippen molar-refractivity contribution in [3.63, 3.8) is 0 Å². The van der Waals surface area contributed by atoms with Crippen LogP contribution < -0.4 is 0 Å². The first-order valence-corrected chi connectivity index (χ1v) is 4.42. The van der Waals surface area contributed by atoms with E-state index in [9.17, 15) is 5.11 Å². The summed E-state index contributed by atoms with van der Waals surface area (Å²) in [5, 5.41) is 30.4. The highest BCUT2D eigenvalue weighted by Gasteiger charge is 2.09. The lowest BCUT2D eigenvalue weighted by molar-refractivity contribution is 0.317. The summed E-state index contributed by atoms with van der Waals surface area (Å²) < 4.78 is 0. The number of benzene rings is 1.